The summed E-state index contributed by atoms with van der Waals surface area (Å²) in [5.41, 5.74) is 0.423. The minimum absolute atomic E-state index is 0.0411. The summed E-state index contributed by atoms with van der Waals surface area (Å²) in [6.45, 7) is 3.21. The molecule has 1 aliphatic rings. The Morgan fingerprint density at radius 1 is 1.35 bits per heavy atom. The normalized spacial score (nSPS) is 14.6. The van der Waals surface area contributed by atoms with Crippen LogP contribution in [0.2, 0.25) is 0 Å². The summed E-state index contributed by atoms with van der Waals surface area (Å²) in [6.07, 6.45) is 2.86. The number of anilines is 1. The van der Waals surface area contributed by atoms with Crippen LogP contribution in [0.4, 0.5) is 10.4 Å². The predicted octanol–water partition coefficient (Wildman–Crippen LogP) is 2.84. The molecular weight excluding hydrogens is 475 g/mol. The number of piperidine rings is 1. The van der Waals surface area contributed by atoms with Crippen LogP contribution in [0, 0.1) is 5.82 Å². The first kappa shape index (κ1) is 21.2. The average molecular weight is 495 g/mol. The Morgan fingerprint density at radius 2 is 2.16 bits per heavy atom. The number of hydrogen-bond donors (Lipinski definition) is 0. The van der Waals surface area contributed by atoms with Gasteiger partial charge in [-0.2, -0.15) is 4.98 Å². The van der Waals surface area contributed by atoms with Crippen molar-refractivity contribution in [2.75, 3.05) is 24.6 Å². The van der Waals surface area contributed by atoms with Gasteiger partial charge in [-0.15, -0.1) is 5.10 Å². The van der Waals surface area contributed by atoms with Crippen molar-refractivity contribution in [2.45, 2.75) is 32.4 Å². The van der Waals surface area contributed by atoms with Crippen molar-refractivity contribution in [1.29, 1.82) is 0 Å². The lowest BCUT2D eigenvalue weighted by Crippen LogP contribution is -2.38. The summed E-state index contributed by atoms with van der Waals surface area (Å²) < 4.78 is 32.0. The summed E-state index contributed by atoms with van der Waals surface area (Å²) >= 11 is 3.38. The maximum atomic E-state index is 13.5. The number of hydrogen-bond acceptors (Lipinski definition) is 9. The Balaban J connectivity index is 1.37. The molecule has 0 radical (unpaired) electrons. The van der Waals surface area contributed by atoms with Gasteiger partial charge >= 0.3 is 5.97 Å². The second-order valence-electron chi connectivity index (χ2n) is 6.86. The van der Waals surface area contributed by atoms with E-state index < -0.39 is 5.97 Å². The lowest BCUT2D eigenvalue weighted by Gasteiger charge is -2.31. The molecule has 31 heavy (non-hydrogen) atoms. The fourth-order valence-corrected chi connectivity index (χ4v) is 3.59. The number of benzene rings is 1. The van der Waals surface area contributed by atoms with Crippen molar-refractivity contribution in [3.05, 3.63) is 34.8 Å². The molecule has 1 saturated heterocycles. The van der Waals surface area contributed by atoms with E-state index in [1.807, 2.05) is 4.90 Å². The van der Waals surface area contributed by atoms with Gasteiger partial charge in [-0.05, 0) is 45.4 Å². The monoisotopic (exact) mass is 494 g/mol. The molecule has 0 atom stereocenters. The molecule has 0 unspecified atom stereocenters. The Hall–Kier alpha value is -3.02. The van der Waals surface area contributed by atoms with E-state index >= 15 is 0 Å². The number of oxazole rings is 1. The maximum absolute atomic E-state index is 13.5. The molecule has 164 valence electrons. The van der Waals surface area contributed by atoms with Gasteiger partial charge in [0.1, 0.15) is 30.5 Å². The van der Waals surface area contributed by atoms with Gasteiger partial charge in [0, 0.05) is 32.0 Å². The number of ether oxygens (including phenoxy) is 2. The molecular formula is C19H20BrFN6O4. The molecule has 0 amide bonds. The van der Waals surface area contributed by atoms with Gasteiger partial charge in [0.15, 0.2) is 5.69 Å². The number of carbonyl (C=O) groups excluding carboxylic acids is 1. The fourth-order valence-electron chi connectivity index (χ4n) is 3.25. The van der Waals surface area contributed by atoms with Crippen LogP contribution < -0.4 is 9.64 Å². The van der Waals surface area contributed by atoms with E-state index in [1.54, 1.807) is 13.0 Å². The smallest absolute Gasteiger partial charge is 0.327 e. The van der Waals surface area contributed by atoms with Gasteiger partial charge in [-0.25, -0.2) is 9.07 Å². The summed E-state index contributed by atoms with van der Waals surface area (Å²) in [5, 5.41) is 11.4. The number of carbonyl (C=O) groups is 1. The third-order valence-electron chi connectivity index (χ3n) is 4.74. The Morgan fingerprint density at radius 3 is 2.94 bits per heavy atom. The van der Waals surface area contributed by atoms with Gasteiger partial charge in [-0.1, -0.05) is 0 Å². The first-order chi connectivity index (χ1) is 15.0. The Bertz CT molecular complexity index is 1050. The second-order valence-corrected chi connectivity index (χ2v) is 7.71. The van der Waals surface area contributed by atoms with Crippen LogP contribution in [0.25, 0.3) is 11.5 Å². The predicted molar refractivity (Wildman–Crippen MR) is 110 cm³/mol. The van der Waals surface area contributed by atoms with Crippen molar-refractivity contribution in [3.63, 3.8) is 0 Å². The molecule has 1 aliphatic heterocycles. The molecule has 0 N–H and O–H groups in total. The average Bonchev–Trinajstić information content (AvgIpc) is 3.41. The molecule has 4 rings (SSSR count). The standard InChI is InChI=1S/C19H20BrFN6O4/c1-2-29-17(28)10-27-18(23-24-25-27)15-11-30-19(22-15)26-7-5-13(6-8-26)31-16-9-12(21)3-4-14(16)20/h3-4,9,11,13H,2,5-8,10H2,1H3. The third-order valence-corrected chi connectivity index (χ3v) is 5.39. The van der Waals surface area contributed by atoms with Crippen molar-refractivity contribution in [3.8, 4) is 17.3 Å². The molecule has 0 spiro atoms. The molecule has 0 aliphatic carbocycles. The highest BCUT2D eigenvalue weighted by molar-refractivity contribution is 9.10. The van der Waals surface area contributed by atoms with E-state index in [2.05, 4.69) is 36.4 Å². The van der Waals surface area contributed by atoms with Crippen LogP contribution in [0.1, 0.15) is 19.8 Å². The number of rotatable bonds is 7. The van der Waals surface area contributed by atoms with Gasteiger partial charge < -0.3 is 18.8 Å². The Kier molecular flexibility index (Phi) is 6.44. The number of esters is 1. The van der Waals surface area contributed by atoms with Gasteiger partial charge in [0.2, 0.25) is 5.82 Å². The quantitative estimate of drug-likeness (QED) is 0.457. The molecule has 10 nitrogen and oxygen atoms in total. The SMILES string of the molecule is CCOC(=O)Cn1nnnc1-c1coc(N2CCC(Oc3cc(F)ccc3Br)CC2)n1. The summed E-state index contributed by atoms with van der Waals surface area (Å²) in [5.74, 6) is 0.0301. The zero-order valence-corrected chi connectivity index (χ0v) is 18.3. The zero-order chi connectivity index (χ0) is 21.8. The maximum Gasteiger partial charge on any atom is 0.327 e. The highest BCUT2D eigenvalue weighted by Gasteiger charge is 2.25. The number of halogens is 2. The van der Waals surface area contributed by atoms with E-state index in [-0.39, 0.29) is 25.1 Å². The molecule has 3 heterocycles. The van der Waals surface area contributed by atoms with Crippen molar-refractivity contribution < 1.29 is 23.1 Å². The summed E-state index contributed by atoms with van der Waals surface area (Å²) in [7, 11) is 0. The lowest BCUT2D eigenvalue weighted by atomic mass is 10.1. The molecule has 1 aromatic carbocycles. The summed E-state index contributed by atoms with van der Waals surface area (Å²) in [4.78, 5) is 18.2. The molecule has 12 heteroatoms. The molecule has 2 aromatic heterocycles. The molecule has 0 saturated carbocycles. The highest BCUT2D eigenvalue weighted by atomic mass is 79.9. The highest BCUT2D eigenvalue weighted by Crippen LogP contribution is 2.30. The number of nitrogens with zero attached hydrogens (tertiary/aromatic N) is 6. The topological polar surface area (TPSA) is 108 Å². The molecule has 1 fully saturated rings. The van der Waals surface area contributed by atoms with Crippen molar-refractivity contribution in [1.82, 2.24) is 25.2 Å². The Labute approximate surface area is 185 Å². The largest absolute Gasteiger partial charge is 0.489 e. The number of aromatic nitrogens is 5. The van der Waals surface area contributed by atoms with E-state index in [0.29, 0.717) is 40.8 Å². The van der Waals surface area contributed by atoms with Gasteiger partial charge in [-0.3, -0.25) is 4.79 Å². The molecule has 0 bridgehead atoms. The van der Waals surface area contributed by atoms with Crippen LogP contribution >= 0.6 is 15.9 Å². The van der Waals surface area contributed by atoms with Crippen LogP contribution in [-0.4, -0.2) is 57.0 Å². The lowest BCUT2D eigenvalue weighted by molar-refractivity contribution is -0.144. The zero-order valence-electron chi connectivity index (χ0n) is 16.7. The fraction of sp³-hybridized carbons (Fsp3) is 0.421. The molecule has 3 aromatic rings. The van der Waals surface area contributed by atoms with E-state index in [9.17, 15) is 9.18 Å². The van der Waals surface area contributed by atoms with E-state index in [1.165, 1.54) is 23.1 Å². The van der Waals surface area contributed by atoms with E-state index in [0.717, 1.165) is 12.8 Å². The first-order valence-electron chi connectivity index (χ1n) is 9.78. The van der Waals surface area contributed by atoms with Crippen LogP contribution in [-0.2, 0) is 16.1 Å². The third kappa shape index (κ3) is 5.01. The van der Waals surface area contributed by atoms with Gasteiger partial charge in [0.05, 0.1) is 11.1 Å². The minimum Gasteiger partial charge on any atom is -0.489 e. The van der Waals surface area contributed by atoms with Gasteiger partial charge in [0.25, 0.3) is 6.01 Å². The minimum atomic E-state index is -0.438. The second kappa shape index (κ2) is 9.41. The summed E-state index contributed by atoms with van der Waals surface area (Å²) in [6, 6.07) is 4.81. The van der Waals surface area contributed by atoms with Crippen LogP contribution in [0.3, 0.4) is 0 Å². The van der Waals surface area contributed by atoms with Crippen molar-refractivity contribution >= 4 is 27.9 Å². The van der Waals surface area contributed by atoms with Crippen LogP contribution in [0.15, 0.2) is 33.4 Å². The van der Waals surface area contributed by atoms with Crippen molar-refractivity contribution in [2.24, 2.45) is 0 Å². The number of tetrazole rings is 1. The van der Waals surface area contributed by atoms with E-state index in [4.69, 9.17) is 13.9 Å². The first-order valence-corrected chi connectivity index (χ1v) is 10.6. The van der Waals surface area contributed by atoms with Crippen LogP contribution in [0.5, 0.6) is 5.75 Å².